The predicted molar refractivity (Wildman–Crippen MR) is 87.9 cm³/mol. The number of rotatable bonds is 3. The van der Waals surface area contributed by atoms with Gasteiger partial charge >= 0.3 is 0 Å². The molecular formula is C16H19N5S. The van der Waals surface area contributed by atoms with Crippen LogP contribution in [0.15, 0.2) is 24.5 Å². The number of anilines is 1. The average molecular weight is 313 g/mol. The van der Waals surface area contributed by atoms with Crippen molar-refractivity contribution in [3.63, 3.8) is 0 Å². The molecule has 3 rings (SSSR count). The molecule has 1 aliphatic rings. The fraction of sp³-hybridized carbons (Fsp3) is 0.438. The van der Waals surface area contributed by atoms with E-state index >= 15 is 0 Å². The third-order valence-corrected chi connectivity index (χ3v) is 4.99. The number of nitrogens with zero attached hydrogens (tertiary/aromatic N) is 5. The monoisotopic (exact) mass is 313 g/mol. The van der Waals surface area contributed by atoms with Crippen LogP contribution in [0.1, 0.15) is 22.4 Å². The summed E-state index contributed by atoms with van der Waals surface area (Å²) in [6.07, 6.45) is 3.22. The fourth-order valence-electron chi connectivity index (χ4n) is 2.83. The first-order chi connectivity index (χ1) is 10.7. The Labute approximate surface area is 134 Å². The number of piperazine rings is 1. The first kappa shape index (κ1) is 14.9. The van der Waals surface area contributed by atoms with E-state index in [1.54, 1.807) is 12.4 Å². The van der Waals surface area contributed by atoms with Gasteiger partial charge in [-0.3, -0.25) is 4.90 Å². The van der Waals surface area contributed by atoms with E-state index in [4.69, 9.17) is 0 Å². The van der Waals surface area contributed by atoms with Crippen molar-refractivity contribution < 1.29 is 0 Å². The highest BCUT2D eigenvalue weighted by Gasteiger charge is 2.26. The Kier molecular flexibility index (Phi) is 4.36. The fourth-order valence-corrected chi connectivity index (χ4v) is 3.75. The normalized spacial score (nSPS) is 19.1. The molecule has 114 valence electrons. The van der Waals surface area contributed by atoms with E-state index in [2.05, 4.69) is 51.8 Å². The Balaban J connectivity index is 1.68. The standard InChI is InChI=1S/C16H19N5S/c1-12-10-21(16-15(9-17)18-5-6-19-16)8-7-20(12)11-14-4-3-13(2)22-14/h3-6,12H,7-8,10-11H2,1-2H3/t12-/m0/s1. The third kappa shape index (κ3) is 3.11. The van der Waals surface area contributed by atoms with Crippen LogP contribution in [-0.2, 0) is 6.54 Å². The van der Waals surface area contributed by atoms with Gasteiger partial charge in [0.2, 0.25) is 0 Å². The van der Waals surface area contributed by atoms with Gasteiger partial charge in [0, 0.05) is 54.4 Å². The third-order valence-electron chi connectivity index (χ3n) is 4.00. The van der Waals surface area contributed by atoms with Crippen LogP contribution in [-0.4, -0.2) is 40.5 Å². The van der Waals surface area contributed by atoms with Crippen LogP contribution < -0.4 is 4.90 Å². The van der Waals surface area contributed by atoms with Crippen LogP contribution >= 0.6 is 11.3 Å². The summed E-state index contributed by atoms with van der Waals surface area (Å²) in [6, 6.07) is 6.95. The van der Waals surface area contributed by atoms with Gasteiger partial charge in [0.1, 0.15) is 6.07 Å². The van der Waals surface area contributed by atoms with Crippen LogP contribution in [0.25, 0.3) is 0 Å². The molecular weight excluding hydrogens is 294 g/mol. The highest BCUT2D eigenvalue weighted by Crippen LogP contribution is 2.23. The number of nitriles is 1. The van der Waals surface area contributed by atoms with E-state index in [0.29, 0.717) is 17.6 Å². The molecule has 0 spiro atoms. The molecule has 0 unspecified atom stereocenters. The van der Waals surface area contributed by atoms with E-state index < -0.39 is 0 Å². The summed E-state index contributed by atoms with van der Waals surface area (Å²) in [5.41, 5.74) is 0.414. The highest BCUT2D eigenvalue weighted by atomic mass is 32.1. The molecule has 0 radical (unpaired) electrons. The largest absolute Gasteiger partial charge is 0.351 e. The zero-order valence-electron chi connectivity index (χ0n) is 12.9. The molecule has 0 saturated carbocycles. The maximum absolute atomic E-state index is 9.18. The minimum absolute atomic E-state index is 0.414. The summed E-state index contributed by atoms with van der Waals surface area (Å²) in [7, 11) is 0. The SMILES string of the molecule is Cc1ccc(CN2CCN(c3nccnc3C#N)C[C@@H]2C)s1. The molecule has 1 aliphatic heterocycles. The van der Waals surface area contributed by atoms with Crippen molar-refractivity contribution >= 4 is 17.2 Å². The Hall–Kier alpha value is -1.97. The number of aryl methyl sites for hydroxylation is 1. The number of hydrogen-bond acceptors (Lipinski definition) is 6. The highest BCUT2D eigenvalue weighted by molar-refractivity contribution is 7.11. The van der Waals surface area contributed by atoms with Gasteiger partial charge in [0.15, 0.2) is 11.5 Å². The average Bonchev–Trinajstić information content (AvgIpc) is 2.94. The van der Waals surface area contributed by atoms with Gasteiger partial charge in [-0.05, 0) is 26.0 Å². The Morgan fingerprint density at radius 2 is 2.14 bits per heavy atom. The summed E-state index contributed by atoms with van der Waals surface area (Å²) >= 11 is 1.87. The first-order valence-electron chi connectivity index (χ1n) is 7.43. The molecule has 1 fully saturated rings. The molecule has 0 aliphatic carbocycles. The van der Waals surface area contributed by atoms with Crippen molar-refractivity contribution in [3.8, 4) is 6.07 Å². The summed E-state index contributed by atoms with van der Waals surface area (Å²) in [6.45, 7) is 8.10. The quantitative estimate of drug-likeness (QED) is 0.871. The lowest BCUT2D eigenvalue weighted by Crippen LogP contribution is -2.51. The van der Waals surface area contributed by atoms with Gasteiger partial charge in [-0.25, -0.2) is 9.97 Å². The van der Waals surface area contributed by atoms with E-state index in [9.17, 15) is 5.26 Å². The van der Waals surface area contributed by atoms with Crippen molar-refractivity contribution in [3.05, 3.63) is 40.0 Å². The molecule has 2 aromatic rings. The maximum atomic E-state index is 9.18. The topological polar surface area (TPSA) is 56.1 Å². The molecule has 0 bridgehead atoms. The second-order valence-electron chi connectivity index (χ2n) is 5.62. The lowest BCUT2D eigenvalue weighted by Gasteiger charge is -2.40. The maximum Gasteiger partial charge on any atom is 0.183 e. The summed E-state index contributed by atoms with van der Waals surface area (Å²) in [5, 5.41) is 9.18. The zero-order chi connectivity index (χ0) is 15.5. The van der Waals surface area contributed by atoms with E-state index in [-0.39, 0.29) is 0 Å². The van der Waals surface area contributed by atoms with Crippen LogP contribution in [0.4, 0.5) is 5.82 Å². The van der Waals surface area contributed by atoms with Crippen molar-refractivity contribution in [2.75, 3.05) is 24.5 Å². The summed E-state index contributed by atoms with van der Waals surface area (Å²) < 4.78 is 0. The molecule has 2 aromatic heterocycles. The summed E-state index contributed by atoms with van der Waals surface area (Å²) in [4.78, 5) is 15.9. The van der Waals surface area contributed by atoms with Crippen molar-refractivity contribution in [1.82, 2.24) is 14.9 Å². The van der Waals surface area contributed by atoms with E-state index in [1.807, 2.05) is 11.3 Å². The van der Waals surface area contributed by atoms with Gasteiger partial charge in [-0.2, -0.15) is 5.26 Å². The van der Waals surface area contributed by atoms with Crippen molar-refractivity contribution in [2.24, 2.45) is 0 Å². The smallest absolute Gasteiger partial charge is 0.183 e. The minimum Gasteiger partial charge on any atom is -0.351 e. The molecule has 5 nitrogen and oxygen atoms in total. The molecule has 0 amide bonds. The molecule has 0 aromatic carbocycles. The number of aromatic nitrogens is 2. The second kappa shape index (κ2) is 6.42. The lowest BCUT2D eigenvalue weighted by molar-refractivity contribution is 0.182. The molecule has 6 heteroatoms. The minimum atomic E-state index is 0.414. The molecule has 0 N–H and O–H groups in total. The Morgan fingerprint density at radius 3 is 2.82 bits per heavy atom. The Bertz CT molecular complexity index is 690. The van der Waals surface area contributed by atoms with Gasteiger partial charge < -0.3 is 4.90 Å². The summed E-state index contributed by atoms with van der Waals surface area (Å²) in [5.74, 6) is 0.712. The van der Waals surface area contributed by atoms with Gasteiger partial charge in [0.05, 0.1) is 0 Å². The van der Waals surface area contributed by atoms with Crippen molar-refractivity contribution in [1.29, 1.82) is 5.26 Å². The second-order valence-corrected chi connectivity index (χ2v) is 6.99. The van der Waals surface area contributed by atoms with Crippen LogP contribution in [0.3, 0.4) is 0 Å². The number of thiophene rings is 1. The van der Waals surface area contributed by atoms with E-state index in [0.717, 1.165) is 26.2 Å². The van der Waals surface area contributed by atoms with Crippen LogP contribution in [0.5, 0.6) is 0 Å². The zero-order valence-corrected chi connectivity index (χ0v) is 13.7. The molecule has 3 heterocycles. The van der Waals surface area contributed by atoms with E-state index in [1.165, 1.54) is 9.75 Å². The molecule has 1 atom stereocenters. The predicted octanol–water partition coefficient (Wildman–Crippen LogP) is 2.43. The van der Waals surface area contributed by atoms with Crippen LogP contribution in [0, 0.1) is 18.3 Å². The van der Waals surface area contributed by atoms with Crippen molar-refractivity contribution in [2.45, 2.75) is 26.4 Å². The molecule has 22 heavy (non-hydrogen) atoms. The van der Waals surface area contributed by atoms with Gasteiger partial charge in [-0.1, -0.05) is 0 Å². The van der Waals surface area contributed by atoms with Crippen LogP contribution in [0.2, 0.25) is 0 Å². The first-order valence-corrected chi connectivity index (χ1v) is 8.24. The van der Waals surface area contributed by atoms with Gasteiger partial charge in [0.25, 0.3) is 0 Å². The van der Waals surface area contributed by atoms with Gasteiger partial charge in [-0.15, -0.1) is 11.3 Å². The molecule has 1 saturated heterocycles. The Morgan fingerprint density at radius 1 is 1.32 bits per heavy atom. The number of hydrogen-bond donors (Lipinski definition) is 0. The lowest BCUT2D eigenvalue weighted by atomic mass is 10.1.